The highest BCUT2D eigenvalue weighted by atomic mass is 16.3. The predicted octanol–water partition coefficient (Wildman–Crippen LogP) is 1.50. The van der Waals surface area contributed by atoms with Crippen molar-refractivity contribution in [3.8, 4) is 0 Å². The van der Waals surface area contributed by atoms with Crippen molar-refractivity contribution >= 4 is 22.4 Å². The second-order valence-corrected chi connectivity index (χ2v) is 4.87. The van der Waals surface area contributed by atoms with Gasteiger partial charge >= 0.3 is 0 Å². The second kappa shape index (κ2) is 4.99. The summed E-state index contributed by atoms with van der Waals surface area (Å²) in [4.78, 5) is 12.1. The smallest absolute Gasteiger partial charge is 0.241 e. The summed E-state index contributed by atoms with van der Waals surface area (Å²) in [7, 11) is 0. The van der Waals surface area contributed by atoms with Gasteiger partial charge in [-0.05, 0) is 17.9 Å². The monoisotopic (exact) mass is 256 g/mol. The molecular weight excluding hydrogens is 240 g/mol. The van der Waals surface area contributed by atoms with Crippen LogP contribution in [0.25, 0.3) is 10.8 Å². The number of aliphatic hydroxyl groups is 1. The van der Waals surface area contributed by atoms with E-state index in [0.717, 1.165) is 16.5 Å². The molecule has 0 bridgehead atoms. The van der Waals surface area contributed by atoms with E-state index in [0.29, 0.717) is 13.0 Å². The molecule has 0 radical (unpaired) electrons. The maximum absolute atomic E-state index is 12.1. The van der Waals surface area contributed by atoms with Gasteiger partial charge in [0.2, 0.25) is 5.91 Å². The third-order valence-corrected chi connectivity index (χ3v) is 3.47. The molecular formula is C15H16N2O2. The van der Waals surface area contributed by atoms with Crippen molar-refractivity contribution in [3.05, 3.63) is 42.5 Å². The number of β-amino-alcohol motifs (C(OH)–C–C–N with tert-alkyl or cyclic N) is 1. The maximum atomic E-state index is 12.1. The molecule has 1 aliphatic heterocycles. The molecule has 1 heterocycles. The second-order valence-electron chi connectivity index (χ2n) is 4.87. The molecule has 0 spiro atoms. The fourth-order valence-electron chi connectivity index (χ4n) is 2.47. The van der Waals surface area contributed by atoms with E-state index in [4.69, 9.17) is 0 Å². The highest BCUT2D eigenvalue weighted by Crippen LogP contribution is 2.23. The largest absolute Gasteiger partial charge is 0.392 e. The fourth-order valence-corrected chi connectivity index (χ4v) is 2.47. The summed E-state index contributed by atoms with van der Waals surface area (Å²) in [5.74, 6) is -0.0899. The van der Waals surface area contributed by atoms with E-state index in [1.807, 2.05) is 42.5 Å². The summed E-state index contributed by atoms with van der Waals surface area (Å²) < 4.78 is 0. The predicted molar refractivity (Wildman–Crippen MR) is 75.0 cm³/mol. The number of hydrogen-bond donors (Lipinski definition) is 3. The zero-order chi connectivity index (χ0) is 13.2. The molecule has 19 heavy (non-hydrogen) atoms. The molecule has 1 amide bonds. The lowest BCUT2D eigenvalue weighted by atomic mass is 10.1. The highest BCUT2D eigenvalue weighted by Gasteiger charge is 2.28. The maximum Gasteiger partial charge on any atom is 0.241 e. The van der Waals surface area contributed by atoms with Crippen LogP contribution in [0.3, 0.4) is 0 Å². The molecule has 2 unspecified atom stereocenters. The molecule has 0 aromatic heterocycles. The summed E-state index contributed by atoms with van der Waals surface area (Å²) >= 11 is 0. The molecule has 98 valence electrons. The number of carbonyl (C=O) groups excluding carboxylic acids is 1. The van der Waals surface area contributed by atoms with Crippen molar-refractivity contribution in [2.75, 3.05) is 11.9 Å². The lowest BCUT2D eigenvalue weighted by Gasteiger charge is -2.12. The van der Waals surface area contributed by atoms with Crippen LogP contribution in [0.1, 0.15) is 6.42 Å². The molecule has 1 saturated heterocycles. The first-order valence-corrected chi connectivity index (χ1v) is 6.44. The van der Waals surface area contributed by atoms with Crippen LogP contribution in [-0.2, 0) is 4.79 Å². The van der Waals surface area contributed by atoms with E-state index in [1.54, 1.807) is 0 Å². The van der Waals surface area contributed by atoms with Crippen LogP contribution in [-0.4, -0.2) is 29.7 Å². The molecule has 2 aromatic rings. The third-order valence-electron chi connectivity index (χ3n) is 3.47. The Bertz CT molecular complexity index is 607. The van der Waals surface area contributed by atoms with Gasteiger partial charge in [0.05, 0.1) is 12.1 Å². The number of aliphatic hydroxyl groups excluding tert-OH is 1. The van der Waals surface area contributed by atoms with Gasteiger partial charge in [-0.2, -0.15) is 0 Å². The third kappa shape index (κ3) is 2.45. The first-order valence-electron chi connectivity index (χ1n) is 6.44. The minimum Gasteiger partial charge on any atom is -0.392 e. The Hall–Kier alpha value is -1.91. The summed E-state index contributed by atoms with van der Waals surface area (Å²) in [6, 6.07) is 13.5. The zero-order valence-electron chi connectivity index (χ0n) is 10.5. The number of rotatable bonds is 2. The lowest BCUT2D eigenvalue weighted by Crippen LogP contribution is -2.35. The quantitative estimate of drug-likeness (QED) is 0.763. The summed E-state index contributed by atoms with van der Waals surface area (Å²) in [6.07, 6.45) is 0.0413. The Kier molecular flexibility index (Phi) is 3.19. The summed E-state index contributed by atoms with van der Waals surface area (Å²) in [5, 5.41) is 17.5. The van der Waals surface area contributed by atoms with Crippen LogP contribution in [0.5, 0.6) is 0 Å². The Morgan fingerprint density at radius 3 is 2.79 bits per heavy atom. The zero-order valence-corrected chi connectivity index (χ0v) is 10.5. The van der Waals surface area contributed by atoms with Gasteiger partial charge < -0.3 is 15.7 Å². The number of anilines is 1. The Morgan fingerprint density at radius 1 is 1.21 bits per heavy atom. The van der Waals surface area contributed by atoms with E-state index in [9.17, 15) is 9.90 Å². The summed E-state index contributed by atoms with van der Waals surface area (Å²) in [5.41, 5.74) is 0.811. The van der Waals surface area contributed by atoms with Gasteiger partial charge in [-0.25, -0.2) is 0 Å². The first kappa shape index (κ1) is 12.1. The molecule has 4 heteroatoms. The topological polar surface area (TPSA) is 61.4 Å². The standard InChI is InChI=1S/C15H16N2O2/c18-11-8-14(16-9-11)15(19)17-13-7-3-5-10-4-1-2-6-12(10)13/h1-7,11,14,16,18H,8-9H2,(H,17,19). The molecule has 2 aromatic carbocycles. The van der Waals surface area contributed by atoms with E-state index in [-0.39, 0.29) is 11.9 Å². The Labute approximate surface area is 111 Å². The van der Waals surface area contributed by atoms with Gasteiger partial charge in [0.1, 0.15) is 0 Å². The molecule has 3 rings (SSSR count). The molecule has 4 nitrogen and oxygen atoms in total. The van der Waals surface area contributed by atoms with Crippen molar-refractivity contribution < 1.29 is 9.90 Å². The minimum atomic E-state index is -0.428. The van der Waals surface area contributed by atoms with Gasteiger partial charge in [-0.15, -0.1) is 0 Å². The number of benzene rings is 2. The number of carbonyl (C=O) groups is 1. The molecule has 1 aliphatic rings. The minimum absolute atomic E-state index is 0.0899. The van der Waals surface area contributed by atoms with Crippen LogP contribution >= 0.6 is 0 Å². The van der Waals surface area contributed by atoms with E-state index in [2.05, 4.69) is 10.6 Å². The van der Waals surface area contributed by atoms with Crippen molar-refractivity contribution in [3.63, 3.8) is 0 Å². The first-order chi connectivity index (χ1) is 9.24. The average molecular weight is 256 g/mol. The van der Waals surface area contributed by atoms with E-state index in [1.165, 1.54) is 0 Å². The van der Waals surface area contributed by atoms with Crippen molar-refractivity contribution in [1.29, 1.82) is 0 Å². The number of hydrogen-bond acceptors (Lipinski definition) is 3. The van der Waals surface area contributed by atoms with Gasteiger partial charge in [0.25, 0.3) is 0 Å². The molecule has 1 fully saturated rings. The highest BCUT2D eigenvalue weighted by molar-refractivity contribution is 6.03. The van der Waals surface area contributed by atoms with Crippen LogP contribution in [0.4, 0.5) is 5.69 Å². The molecule has 0 aliphatic carbocycles. The van der Waals surface area contributed by atoms with Gasteiger partial charge in [0, 0.05) is 17.6 Å². The normalized spacial score (nSPS) is 22.6. The van der Waals surface area contributed by atoms with Gasteiger partial charge in [-0.3, -0.25) is 4.79 Å². The number of nitrogens with one attached hydrogen (secondary N) is 2. The van der Waals surface area contributed by atoms with Crippen molar-refractivity contribution in [2.24, 2.45) is 0 Å². The number of amides is 1. The van der Waals surface area contributed by atoms with Gasteiger partial charge in [-0.1, -0.05) is 36.4 Å². The van der Waals surface area contributed by atoms with Crippen LogP contribution in [0.2, 0.25) is 0 Å². The molecule has 2 atom stereocenters. The van der Waals surface area contributed by atoms with Crippen LogP contribution in [0.15, 0.2) is 42.5 Å². The van der Waals surface area contributed by atoms with E-state index >= 15 is 0 Å². The van der Waals surface area contributed by atoms with Crippen LogP contribution in [0, 0.1) is 0 Å². The van der Waals surface area contributed by atoms with Gasteiger partial charge in [0.15, 0.2) is 0 Å². The molecule has 3 N–H and O–H groups in total. The lowest BCUT2D eigenvalue weighted by molar-refractivity contribution is -0.117. The SMILES string of the molecule is O=C(Nc1cccc2ccccc12)C1CC(O)CN1. The van der Waals surface area contributed by atoms with Crippen molar-refractivity contribution in [1.82, 2.24) is 5.32 Å². The van der Waals surface area contributed by atoms with Crippen molar-refractivity contribution in [2.45, 2.75) is 18.6 Å². The average Bonchev–Trinajstić information content (AvgIpc) is 2.86. The molecule has 0 saturated carbocycles. The Balaban J connectivity index is 1.83. The van der Waals surface area contributed by atoms with E-state index < -0.39 is 6.10 Å². The van der Waals surface area contributed by atoms with Crippen LogP contribution < -0.4 is 10.6 Å². The fraction of sp³-hybridized carbons (Fsp3) is 0.267. The Morgan fingerprint density at radius 2 is 2.00 bits per heavy atom. The summed E-state index contributed by atoms with van der Waals surface area (Å²) in [6.45, 7) is 0.480. The number of fused-ring (bicyclic) bond motifs is 1.